The van der Waals surface area contributed by atoms with Gasteiger partial charge >= 0.3 is 0 Å². The lowest BCUT2D eigenvalue weighted by Gasteiger charge is -2.37. The molecule has 2 aromatic rings. The van der Waals surface area contributed by atoms with Gasteiger partial charge in [-0.05, 0) is 0 Å². The van der Waals surface area contributed by atoms with Crippen LogP contribution < -0.4 is 5.73 Å². The van der Waals surface area contributed by atoms with Crippen molar-refractivity contribution in [3.05, 3.63) is 12.7 Å². The summed E-state index contributed by atoms with van der Waals surface area (Å²) in [6, 6.07) is 0. The van der Waals surface area contributed by atoms with Crippen molar-refractivity contribution in [2.75, 3.05) is 12.3 Å². The summed E-state index contributed by atoms with van der Waals surface area (Å²) in [4.78, 5) is 12.4. The van der Waals surface area contributed by atoms with Crippen LogP contribution >= 0.6 is 12.6 Å². The highest BCUT2D eigenvalue weighted by atomic mass is 32.1. The average Bonchev–Trinajstić information content (AvgIpc) is 3.02. The Kier molecular flexibility index (Phi) is 3.76. The molecule has 1 aliphatic heterocycles. The molecule has 8 nitrogen and oxygen atoms in total. The summed E-state index contributed by atoms with van der Waals surface area (Å²) in [6.45, 7) is 3.61. The molecule has 1 fully saturated rings. The summed E-state index contributed by atoms with van der Waals surface area (Å²) in [7, 11) is 0. The molecule has 3 heterocycles. The number of nitrogens with zero attached hydrogens (tertiary/aromatic N) is 4. The number of rotatable bonds is 3. The number of anilines is 1. The van der Waals surface area contributed by atoms with E-state index in [1.807, 2.05) is 13.8 Å². The Morgan fingerprint density at radius 3 is 2.77 bits per heavy atom. The standard InChI is InChI=1S/C13H19N5O3S/c1-6(2)13(10(22)9(20)7(3-19)21-13)18-5-17-8-11(14)15-4-16-12(8)18/h4-7,9-10,19-20,22H,3H2,1-2H3,(H2,14,15,16)/t7-,9-,10-,13-/m1/s1. The molecule has 4 atom stereocenters. The molecule has 120 valence electrons. The third-order valence-corrected chi connectivity index (χ3v) is 4.89. The fourth-order valence-corrected chi connectivity index (χ4v) is 3.71. The minimum Gasteiger partial charge on any atom is -0.394 e. The second-order valence-corrected chi connectivity index (χ2v) is 6.28. The van der Waals surface area contributed by atoms with Crippen molar-refractivity contribution >= 4 is 29.6 Å². The number of thiol groups is 1. The predicted octanol–water partition coefficient (Wildman–Crippen LogP) is -0.232. The normalized spacial score (nSPS) is 32.2. The number of aliphatic hydroxyl groups excluding tert-OH is 2. The molecule has 0 bridgehead atoms. The highest BCUT2D eigenvalue weighted by molar-refractivity contribution is 7.81. The van der Waals surface area contributed by atoms with E-state index in [9.17, 15) is 10.2 Å². The summed E-state index contributed by atoms with van der Waals surface area (Å²) in [6.07, 6.45) is 1.28. The lowest BCUT2D eigenvalue weighted by atomic mass is 9.94. The van der Waals surface area contributed by atoms with E-state index in [4.69, 9.17) is 10.5 Å². The first-order valence-electron chi connectivity index (χ1n) is 7.02. The summed E-state index contributed by atoms with van der Waals surface area (Å²) in [5, 5.41) is 19.2. The van der Waals surface area contributed by atoms with Gasteiger partial charge in [-0.25, -0.2) is 15.0 Å². The van der Waals surface area contributed by atoms with Gasteiger partial charge in [0.2, 0.25) is 0 Å². The zero-order valence-corrected chi connectivity index (χ0v) is 13.2. The number of aliphatic hydroxyl groups is 2. The highest BCUT2D eigenvalue weighted by Crippen LogP contribution is 2.45. The van der Waals surface area contributed by atoms with E-state index < -0.39 is 23.2 Å². The minimum absolute atomic E-state index is 0.0604. The first-order valence-corrected chi connectivity index (χ1v) is 7.54. The van der Waals surface area contributed by atoms with Gasteiger partial charge in [0.15, 0.2) is 17.2 Å². The Balaban J connectivity index is 2.22. The molecule has 0 spiro atoms. The van der Waals surface area contributed by atoms with Gasteiger partial charge in [0, 0.05) is 5.92 Å². The van der Waals surface area contributed by atoms with Crippen LogP contribution in [0.1, 0.15) is 13.8 Å². The van der Waals surface area contributed by atoms with Crippen LogP contribution in [0.3, 0.4) is 0 Å². The van der Waals surface area contributed by atoms with Crippen molar-refractivity contribution in [1.82, 2.24) is 19.5 Å². The number of fused-ring (bicyclic) bond motifs is 1. The minimum atomic E-state index is -0.995. The molecule has 1 saturated heterocycles. The Morgan fingerprint density at radius 2 is 2.18 bits per heavy atom. The molecule has 0 radical (unpaired) electrons. The lowest BCUT2D eigenvalue weighted by molar-refractivity contribution is -0.139. The monoisotopic (exact) mass is 325 g/mol. The van der Waals surface area contributed by atoms with E-state index in [0.29, 0.717) is 11.2 Å². The smallest absolute Gasteiger partial charge is 0.167 e. The summed E-state index contributed by atoms with van der Waals surface area (Å²) in [5.74, 6) is 0.213. The third kappa shape index (κ3) is 1.93. The number of nitrogen functional groups attached to an aromatic ring is 1. The van der Waals surface area contributed by atoms with Crippen LogP contribution in [0.5, 0.6) is 0 Å². The van der Waals surface area contributed by atoms with Crippen molar-refractivity contribution in [3.8, 4) is 0 Å². The maximum Gasteiger partial charge on any atom is 0.167 e. The van der Waals surface area contributed by atoms with Gasteiger partial charge in [0.25, 0.3) is 0 Å². The Bertz CT molecular complexity index is 693. The van der Waals surface area contributed by atoms with Crippen LogP contribution in [-0.2, 0) is 10.5 Å². The van der Waals surface area contributed by atoms with E-state index in [-0.39, 0.29) is 18.3 Å². The Labute approximate surface area is 132 Å². The van der Waals surface area contributed by atoms with Gasteiger partial charge < -0.3 is 20.7 Å². The van der Waals surface area contributed by atoms with Gasteiger partial charge in [-0.15, -0.1) is 0 Å². The number of ether oxygens (including phenoxy) is 1. The summed E-state index contributed by atoms with van der Waals surface area (Å²) < 4.78 is 7.75. The van der Waals surface area contributed by atoms with Crippen LogP contribution in [0, 0.1) is 5.92 Å². The third-order valence-electron chi connectivity index (χ3n) is 4.21. The van der Waals surface area contributed by atoms with Crippen molar-refractivity contribution in [2.24, 2.45) is 5.92 Å². The van der Waals surface area contributed by atoms with E-state index in [1.165, 1.54) is 6.33 Å². The summed E-state index contributed by atoms with van der Waals surface area (Å²) in [5.41, 5.74) is 5.80. The molecule has 4 N–H and O–H groups in total. The van der Waals surface area contributed by atoms with Crippen LogP contribution in [0.25, 0.3) is 11.2 Å². The van der Waals surface area contributed by atoms with E-state index in [0.717, 1.165) is 0 Å². The molecule has 0 unspecified atom stereocenters. The molecular formula is C13H19N5O3S. The lowest BCUT2D eigenvalue weighted by Crippen LogP contribution is -2.46. The number of aromatic nitrogens is 4. The van der Waals surface area contributed by atoms with Crippen molar-refractivity contribution in [3.63, 3.8) is 0 Å². The Hall–Kier alpha value is -1.42. The Morgan fingerprint density at radius 1 is 1.45 bits per heavy atom. The van der Waals surface area contributed by atoms with Crippen LogP contribution in [0.4, 0.5) is 5.82 Å². The molecule has 0 saturated carbocycles. The van der Waals surface area contributed by atoms with Crippen LogP contribution in [0.2, 0.25) is 0 Å². The van der Waals surface area contributed by atoms with Crippen LogP contribution in [-0.4, -0.2) is 53.8 Å². The number of imidazole rings is 1. The summed E-state index contributed by atoms with van der Waals surface area (Å²) >= 11 is 4.55. The van der Waals surface area contributed by atoms with Crippen LogP contribution in [0.15, 0.2) is 12.7 Å². The van der Waals surface area contributed by atoms with E-state index in [1.54, 1.807) is 10.9 Å². The molecule has 1 aliphatic rings. The van der Waals surface area contributed by atoms with Gasteiger partial charge in [-0.1, -0.05) is 13.8 Å². The maximum atomic E-state index is 10.3. The fourth-order valence-electron chi connectivity index (χ4n) is 3.04. The zero-order valence-electron chi connectivity index (χ0n) is 12.3. The number of nitrogens with two attached hydrogens (primary N) is 1. The number of hydrogen-bond acceptors (Lipinski definition) is 8. The van der Waals surface area contributed by atoms with Gasteiger partial charge in [-0.3, -0.25) is 4.57 Å². The first-order chi connectivity index (χ1) is 10.4. The van der Waals surface area contributed by atoms with Gasteiger partial charge in [0.05, 0.1) is 24.3 Å². The molecule has 3 rings (SSSR count). The average molecular weight is 325 g/mol. The molecule has 0 aromatic carbocycles. The van der Waals surface area contributed by atoms with Gasteiger partial charge in [-0.2, -0.15) is 12.6 Å². The topological polar surface area (TPSA) is 119 Å². The maximum absolute atomic E-state index is 10.3. The highest BCUT2D eigenvalue weighted by Gasteiger charge is 2.56. The second-order valence-electron chi connectivity index (χ2n) is 5.73. The SMILES string of the molecule is CC(C)[C@@]1(n2cnc3c(N)ncnc32)O[C@H](CO)[C@@H](O)[C@H]1S. The van der Waals surface area contributed by atoms with E-state index in [2.05, 4.69) is 27.6 Å². The fraction of sp³-hybridized carbons (Fsp3) is 0.615. The first kappa shape index (κ1) is 15.5. The van der Waals surface area contributed by atoms with Crippen molar-refractivity contribution in [2.45, 2.75) is 37.0 Å². The molecule has 2 aromatic heterocycles. The molecule has 0 aliphatic carbocycles. The van der Waals surface area contributed by atoms with Crippen molar-refractivity contribution < 1.29 is 14.9 Å². The number of hydrogen-bond donors (Lipinski definition) is 4. The molecular weight excluding hydrogens is 306 g/mol. The van der Waals surface area contributed by atoms with Crippen molar-refractivity contribution in [1.29, 1.82) is 0 Å². The quantitative estimate of drug-likeness (QED) is 0.575. The predicted molar refractivity (Wildman–Crippen MR) is 83.3 cm³/mol. The zero-order chi connectivity index (χ0) is 16.1. The molecule has 9 heteroatoms. The largest absolute Gasteiger partial charge is 0.394 e. The second kappa shape index (κ2) is 5.34. The van der Waals surface area contributed by atoms with Gasteiger partial charge in [0.1, 0.15) is 17.9 Å². The molecule has 0 amide bonds. The molecule has 22 heavy (non-hydrogen) atoms. The van der Waals surface area contributed by atoms with E-state index >= 15 is 0 Å².